The molecule has 2 heterocycles. The molecule has 0 saturated carbocycles. The van der Waals surface area contributed by atoms with Gasteiger partial charge in [0.25, 0.3) is 11.5 Å². The number of hydrogen-bond donors (Lipinski definition) is 1. The minimum Gasteiger partial charge on any atom is -0.306 e. The summed E-state index contributed by atoms with van der Waals surface area (Å²) in [5, 5.41) is -0.244. The van der Waals surface area contributed by atoms with Crippen LogP contribution in [0.4, 0.5) is 13.2 Å². The number of pyridine rings is 2. The van der Waals surface area contributed by atoms with E-state index in [-0.39, 0.29) is 16.6 Å². The van der Waals surface area contributed by atoms with Crippen LogP contribution in [-0.2, 0) is 0 Å². The van der Waals surface area contributed by atoms with Gasteiger partial charge in [0.1, 0.15) is 5.65 Å². The van der Waals surface area contributed by atoms with Crippen LogP contribution >= 0.6 is 0 Å². The van der Waals surface area contributed by atoms with E-state index in [4.69, 9.17) is 0 Å². The van der Waals surface area contributed by atoms with E-state index in [0.29, 0.717) is 0 Å². The van der Waals surface area contributed by atoms with Crippen molar-refractivity contribution in [3.05, 3.63) is 39.6 Å². The second kappa shape index (κ2) is 3.08. The summed E-state index contributed by atoms with van der Waals surface area (Å²) in [4.78, 5) is 16.4. The molecule has 0 aromatic carbocycles. The van der Waals surface area contributed by atoms with E-state index < -0.39 is 23.1 Å². The molecule has 0 atom stereocenters. The molecule has 0 radical (unpaired) electrons. The van der Waals surface area contributed by atoms with Crippen molar-refractivity contribution in [2.75, 3.05) is 0 Å². The Bertz CT molecular complexity index is 606. The first-order valence-corrected chi connectivity index (χ1v) is 4.05. The van der Waals surface area contributed by atoms with Crippen LogP contribution in [0, 0.1) is 24.5 Å². The van der Waals surface area contributed by atoms with Crippen molar-refractivity contribution in [2.45, 2.75) is 6.92 Å². The number of aryl methyl sites for hydroxylation is 1. The van der Waals surface area contributed by atoms with Crippen molar-refractivity contribution in [1.29, 1.82) is 0 Å². The van der Waals surface area contributed by atoms with Crippen molar-refractivity contribution in [1.82, 2.24) is 9.97 Å². The largest absolute Gasteiger partial charge is 0.306 e. The SMILES string of the molecule is Cc1cc2c(F)c(F)c(F)nc2[nH]c1=O. The number of hydrogen-bond acceptors (Lipinski definition) is 2. The molecule has 1 N–H and O–H groups in total. The molecule has 0 aliphatic carbocycles. The summed E-state index contributed by atoms with van der Waals surface area (Å²) in [6.45, 7) is 1.43. The van der Waals surface area contributed by atoms with Gasteiger partial charge in [0.15, 0.2) is 5.82 Å². The second-order valence-corrected chi connectivity index (χ2v) is 3.07. The Kier molecular flexibility index (Phi) is 1.99. The van der Waals surface area contributed by atoms with Gasteiger partial charge in [-0.2, -0.15) is 13.8 Å². The third-order valence-corrected chi connectivity index (χ3v) is 2.03. The molecule has 2 rings (SSSR count). The molecule has 15 heavy (non-hydrogen) atoms. The molecule has 0 fully saturated rings. The first-order chi connectivity index (χ1) is 7.00. The zero-order valence-electron chi connectivity index (χ0n) is 7.57. The molecule has 0 aliphatic rings. The van der Waals surface area contributed by atoms with Gasteiger partial charge >= 0.3 is 0 Å². The summed E-state index contributed by atoms with van der Waals surface area (Å²) in [5.74, 6) is -4.56. The van der Waals surface area contributed by atoms with Gasteiger partial charge in [-0.15, -0.1) is 0 Å². The molecule has 3 nitrogen and oxygen atoms in total. The summed E-state index contributed by atoms with van der Waals surface area (Å²) in [6, 6.07) is 1.12. The van der Waals surface area contributed by atoms with Gasteiger partial charge in [-0.05, 0) is 13.0 Å². The average molecular weight is 214 g/mol. The lowest BCUT2D eigenvalue weighted by atomic mass is 10.2. The average Bonchev–Trinajstić information content (AvgIpc) is 2.19. The minimum atomic E-state index is -1.64. The molecule has 0 spiro atoms. The smallest absolute Gasteiger partial charge is 0.254 e. The third kappa shape index (κ3) is 1.38. The lowest BCUT2D eigenvalue weighted by molar-refractivity contribution is 0.434. The van der Waals surface area contributed by atoms with E-state index >= 15 is 0 Å². The van der Waals surface area contributed by atoms with Crippen LogP contribution in [0.3, 0.4) is 0 Å². The highest BCUT2D eigenvalue weighted by Crippen LogP contribution is 2.18. The molecule has 2 aromatic heterocycles. The fraction of sp³-hybridized carbons (Fsp3) is 0.111. The van der Waals surface area contributed by atoms with Gasteiger partial charge in [0.05, 0.1) is 5.39 Å². The Morgan fingerprint density at radius 3 is 2.60 bits per heavy atom. The Morgan fingerprint density at radius 1 is 1.27 bits per heavy atom. The highest BCUT2D eigenvalue weighted by atomic mass is 19.2. The number of rotatable bonds is 0. The summed E-state index contributed by atoms with van der Waals surface area (Å²) in [6.07, 6.45) is 0. The first-order valence-electron chi connectivity index (χ1n) is 4.05. The van der Waals surface area contributed by atoms with E-state index in [1.807, 2.05) is 0 Å². The van der Waals surface area contributed by atoms with E-state index in [1.165, 1.54) is 6.92 Å². The second-order valence-electron chi connectivity index (χ2n) is 3.07. The molecule has 0 unspecified atom stereocenters. The number of aromatic nitrogens is 2. The van der Waals surface area contributed by atoms with Crippen LogP contribution in [0.5, 0.6) is 0 Å². The van der Waals surface area contributed by atoms with Crippen molar-refractivity contribution < 1.29 is 13.2 Å². The van der Waals surface area contributed by atoms with Crippen LogP contribution in [0.15, 0.2) is 10.9 Å². The highest BCUT2D eigenvalue weighted by molar-refractivity contribution is 5.75. The number of aromatic amines is 1. The fourth-order valence-electron chi connectivity index (χ4n) is 1.24. The zero-order chi connectivity index (χ0) is 11.2. The predicted molar refractivity (Wildman–Crippen MR) is 47.0 cm³/mol. The van der Waals surface area contributed by atoms with Crippen LogP contribution in [0.2, 0.25) is 0 Å². The Labute approximate surface area is 81.6 Å². The summed E-state index contributed by atoms with van der Waals surface area (Å²) in [7, 11) is 0. The molecule has 0 aliphatic heterocycles. The van der Waals surface area contributed by atoms with Gasteiger partial charge in [0.2, 0.25) is 5.82 Å². The third-order valence-electron chi connectivity index (χ3n) is 2.03. The summed E-state index contributed by atoms with van der Waals surface area (Å²) < 4.78 is 38.7. The van der Waals surface area contributed by atoms with Gasteiger partial charge in [-0.3, -0.25) is 4.79 Å². The number of nitrogens with zero attached hydrogens (tertiary/aromatic N) is 1. The van der Waals surface area contributed by atoms with Crippen LogP contribution in [0.25, 0.3) is 11.0 Å². The molecule has 6 heteroatoms. The topological polar surface area (TPSA) is 45.8 Å². The molecule has 2 aromatic rings. The van der Waals surface area contributed by atoms with Crippen LogP contribution in [-0.4, -0.2) is 9.97 Å². The quantitative estimate of drug-likeness (QED) is 0.677. The summed E-state index contributed by atoms with van der Waals surface area (Å²) >= 11 is 0. The maximum atomic E-state index is 13.2. The summed E-state index contributed by atoms with van der Waals surface area (Å²) in [5.41, 5.74) is -0.614. The van der Waals surface area contributed by atoms with E-state index in [0.717, 1.165) is 6.07 Å². The lowest BCUT2D eigenvalue weighted by Gasteiger charge is -2.01. The molecule has 0 bridgehead atoms. The first kappa shape index (κ1) is 9.70. The zero-order valence-corrected chi connectivity index (χ0v) is 7.57. The number of nitrogens with one attached hydrogen (secondary N) is 1. The standard InChI is InChI=1S/C9H5F3N2O/c1-3-2-4-5(10)6(11)7(12)13-8(4)14-9(3)15/h2H,1H3,(H,13,14,15). The maximum Gasteiger partial charge on any atom is 0.254 e. The van der Waals surface area contributed by atoms with Crippen LogP contribution in [0.1, 0.15) is 5.56 Å². The molecule has 0 saturated heterocycles. The van der Waals surface area contributed by atoms with Crippen molar-refractivity contribution in [3.8, 4) is 0 Å². The molecule has 78 valence electrons. The number of H-pyrrole nitrogens is 1. The van der Waals surface area contributed by atoms with Gasteiger partial charge in [0, 0.05) is 5.56 Å². The van der Waals surface area contributed by atoms with Crippen molar-refractivity contribution in [2.24, 2.45) is 0 Å². The Morgan fingerprint density at radius 2 is 1.93 bits per heavy atom. The molecular weight excluding hydrogens is 209 g/mol. The number of fused-ring (bicyclic) bond motifs is 1. The number of halogens is 3. The normalized spacial score (nSPS) is 10.9. The van der Waals surface area contributed by atoms with Crippen LogP contribution < -0.4 is 5.56 Å². The van der Waals surface area contributed by atoms with E-state index in [1.54, 1.807) is 0 Å². The van der Waals surface area contributed by atoms with E-state index in [9.17, 15) is 18.0 Å². The van der Waals surface area contributed by atoms with E-state index in [2.05, 4.69) is 9.97 Å². The molecular formula is C9H5F3N2O. The maximum absolute atomic E-state index is 13.2. The fourth-order valence-corrected chi connectivity index (χ4v) is 1.24. The Hall–Kier alpha value is -1.85. The van der Waals surface area contributed by atoms with Gasteiger partial charge < -0.3 is 4.98 Å². The van der Waals surface area contributed by atoms with Crippen molar-refractivity contribution >= 4 is 11.0 Å². The minimum absolute atomic E-state index is 0.203. The molecule has 0 amide bonds. The van der Waals surface area contributed by atoms with Gasteiger partial charge in [-0.1, -0.05) is 0 Å². The van der Waals surface area contributed by atoms with Crippen molar-refractivity contribution in [3.63, 3.8) is 0 Å². The predicted octanol–water partition coefficient (Wildman–Crippen LogP) is 1.65. The highest BCUT2D eigenvalue weighted by Gasteiger charge is 2.15. The lowest BCUT2D eigenvalue weighted by Crippen LogP contribution is -2.11. The monoisotopic (exact) mass is 214 g/mol. The Balaban J connectivity index is 2.99. The van der Waals surface area contributed by atoms with Gasteiger partial charge in [-0.25, -0.2) is 4.39 Å².